The molecule has 8 nitrogen and oxygen atoms in total. The van der Waals surface area contributed by atoms with E-state index in [-0.39, 0.29) is 35.9 Å². The number of carbonyl (C=O) groups is 3. The summed E-state index contributed by atoms with van der Waals surface area (Å²) in [5.41, 5.74) is 0.797. The molecule has 0 bridgehead atoms. The second kappa shape index (κ2) is 7.86. The minimum atomic E-state index is -3.10. The van der Waals surface area contributed by atoms with Crippen LogP contribution in [-0.4, -0.2) is 69.4 Å². The summed E-state index contributed by atoms with van der Waals surface area (Å²) in [5, 5.41) is 0. The average molecular weight is 382 g/mol. The Bertz CT molecular complexity index is 803. The number of hydrogen-bond acceptors (Lipinski definition) is 6. The normalized spacial score (nSPS) is 18.2. The van der Waals surface area contributed by atoms with E-state index in [0.717, 1.165) is 0 Å². The van der Waals surface area contributed by atoms with Crippen molar-refractivity contribution in [2.24, 2.45) is 0 Å². The van der Waals surface area contributed by atoms with Gasteiger partial charge >= 0.3 is 5.97 Å². The summed E-state index contributed by atoms with van der Waals surface area (Å²) in [7, 11) is -0.283. The topological polar surface area (TPSA) is 101 Å². The Kier molecular flexibility index (Phi) is 6.01. The van der Waals surface area contributed by atoms with Crippen LogP contribution in [0.5, 0.6) is 0 Å². The maximum absolute atomic E-state index is 12.5. The van der Waals surface area contributed by atoms with Gasteiger partial charge in [0.25, 0.3) is 0 Å². The highest BCUT2D eigenvalue weighted by atomic mass is 32.2. The van der Waals surface area contributed by atoms with Gasteiger partial charge in [-0.25, -0.2) is 13.2 Å². The SMILES string of the molecule is COC(=O)c1ccc(N(CC(=O)N(C)C2CCS(=O)(=O)C2)C(C)=O)cc1. The molecule has 2 rings (SSSR count). The molecule has 1 heterocycles. The molecule has 2 amide bonds. The molecule has 0 radical (unpaired) electrons. The van der Waals surface area contributed by atoms with Gasteiger partial charge < -0.3 is 14.5 Å². The number of rotatable bonds is 5. The number of sulfone groups is 1. The number of hydrogen-bond donors (Lipinski definition) is 0. The summed E-state index contributed by atoms with van der Waals surface area (Å²) in [4.78, 5) is 38.6. The van der Waals surface area contributed by atoms with Gasteiger partial charge in [0.15, 0.2) is 9.84 Å². The summed E-state index contributed by atoms with van der Waals surface area (Å²) in [6.45, 7) is 1.13. The number of nitrogens with zero attached hydrogens (tertiary/aromatic N) is 2. The van der Waals surface area contributed by atoms with E-state index in [0.29, 0.717) is 17.7 Å². The molecule has 1 aromatic carbocycles. The average Bonchev–Trinajstić information content (AvgIpc) is 2.97. The highest BCUT2D eigenvalue weighted by Gasteiger charge is 2.33. The minimum Gasteiger partial charge on any atom is -0.465 e. The second-order valence-corrected chi connectivity index (χ2v) is 8.43. The molecule has 1 atom stereocenters. The fourth-order valence-electron chi connectivity index (χ4n) is 2.81. The van der Waals surface area contributed by atoms with Crippen LogP contribution in [0.1, 0.15) is 23.7 Å². The molecule has 1 aliphatic heterocycles. The highest BCUT2D eigenvalue weighted by molar-refractivity contribution is 7.91. The van der Waals surface area contributed by atoms with Gasteiger partial charge in [0.05, 0.1) is 24.2 Å². The largest absolute Gasteiger partial charge is 0.465 e. The van der Waals surface area contributed by atoms with Crippen molar-refractivity contribution >= 4 is 33.3 Å². The Balaban J connectivity index is 2.11. The van der Waals surface area contributed by atoms with Gasteiger partial charge in [-0.15, -0.1) is 0 Å². The van der Waals surface area contributed by atoms with E-state index in [4.69, 9.17) is 0 Å². The Morgan fingerprint density at radius 3 is 2.27 bits per heavy atom. The molecule has 1 saturated heterocycles. The third-order valence-corrected chi connectivity index (χ3v) is 6.17. The molecule has 0 saturated carbocycles. The van der Waals surface area contributed by atoms with E-state index in [2.05, 4.69) is 4.74 Å². The molecule has 0 aromatic heterocycles. The van der Waals surface area contributed by atoms with Crippen LogP contribution in [0.4, 0.5) is 5.69 Å². The first-order valence-electron chi connectivity index (χ1n) is 8.07. The lowest BCUT2D eigenvalue weighted by Gasteiger charge is -2.27. The predicted octanol–water partition coefficient (Wildman–Crippen LogP) is 0.472. The van der Waals surface area contributed by atoms with E-state index in [1.54, 1.807) is 19.2 Å². The van der Waals surface area contributed by atoms with E-state index in [9.17, 15) is 22.8 Å². The van der Waals surface area contributed by atoms with Gasteiger partial charge in [-0.2, -0.15) is 0 Å². The summed E-state index contributed by atoms with van der Waals surface area (Å²) < 4.78 is 27.8. The molecule has 1 aromatic rings. The fourth-order valence-corrected chi connectivity index (χ4v) is 4.59. The zero-order valence-corrected chi connectivity index (χ0v) is 15.8. The Morgan fingerprint density at radius 1 is 1.19 bits per heavy atom. The minimum absolute atomic E-state index is 0.0524. The van der Waals surface area contributed by atoms with Gasteiger partial charge in [0.1, 0.15) is 6.54 Å². The third-order valence-electron chi connectivity index (χ3n) is 4.42. The lowest BCUT2D eigenvalue weighted by molar-refractivity contribution is -0.131. The van der Waals surface area contributed by atoms with Crippen molar-refractivity contribution < 1.29 is 27.5 Å². The summed E-state index contributed by atoms with van der Waals surface area (Å²) in [5.74, 6) is -1.16. The number of ether oxygens (including phenoxy) is 1. The molecule has 1 unspecified atom stereocenters. The number of anilines is 1. The van der Waals surface area contributed by atoms with Crippen LogP contribution < -0.4 is 4.90 Å². The smallest absolute Gasteiger partial charge is 0.337 e. The van der Waals surface area contributed by atoms with Crippen LogP contribution >= 0.6 is 0 Å². The number of carbonyl (C=O) groups excluding carboxylic acids is 3. The first-order valence-corrected chi connectivity index (χ1v) is 9.89. The van der Waals surface area contributed by atoms with Crippen LogP contribution in [0, 0.1) is 0 Å². The molecule has 142 valence electrons. The molecular formula is C17H22N2O6S. The second-order valence-electron chi connectivity index (χ2n) is 6.21. The third kappa shape index (κ3) is 4.60. The van der Waals surface area contributed by atoms with Crippen LogP contribution in [0.15, 0.2) is 24.3 Å². The van der Waals surface area contributed by atoms with E-state index in [1.165, 1.54) is 36.0 Å². The molecule has 0 spiro atoms. The first-order chi connectivity index (χ1) is 12.1. The lowest BCUT2D eigenvalue weighted by atomic mass is 10.2. The van der Waals surface area contributed by atoms with Crippen molar-refractivity contribution in [2.75, 3.05) is 37.1 Å². The number of methoxy groups -OCH3 is 1. The molecule has 9 heteroatoms. The molecule has 26 heavy (non-hydrogen) atoms. The molecular weight excluding hydrogens is 360 g/mol. The lowest BCUT2D eigenvalue weighted by Crippen LogP contribution is -2.45. The Hall–Kier alpha value is -2.42. The number of likely N-dealkylation sites (N-methyl/N-ethyl adjacent to an activating group) is 1. The summed E-state index contributed by atoms with van der Waals surface area (Å²) in [6, 6.07) is 5.76. The molecule has 1 fully saturated rings. The maximum Gasteiger partial charge on any atom is 0.337 e. The quantitative estimate of drug-likeness (QED) is 0.686. The fraction of sp³-hybridized carbons (Fsp3) is 0.471. The van der Waals surface area contributed by atoms with Crippen molar-refractivity contribution in [3.8, 4) is 0 Å². The Labute approximate surface area is 152 Å². The van der Waals surface area contributed by atoms with Gasteiger partial charge in [-0.1, -0.05) is 0 Å². The highest BCUT2D eigenvalue weighted by Crippen LogP contribution is 2.19. The zero-order chi connectivity index (χ0) is 19.5. The first kappa shape index (κ1) is 19.9. The number of esters is 1. The van der Waals surface area contributed by atoms with Crippen molar-refractivity contribution in [3.05, 3.63) is 29.8 Å². The van der Waals surface area contributed by atoms with Crippen LogP contribution in [0.2, 0.25) is 0 Å². The Morgan fingerprint density at radius 2 is 1.81 bits per heavy atom. The van der Waals surface area contributed by atoms with E-state index < -0.39 is 15.8 Å². The standard InChI is InChI=1S/C17H22N2O6S/c1-12(20)19(14-6-4-13(5-7-14)17(22)25-3)10-16(21)18(2)15-8-9-26(23,24)11-15/h4-7,15H,8-11H2,1-3H3. The summed E-state index contributed by atoms with van der Waals surface area (Å²) >= 11 is 0. The number of benzene rings is 1. The summed E-state index contributed by atoms with van der Waals surface area (Å²) in [6.07, 6.45) is 0.401. The van der Waals surface area contributed by atoms with Gasteiger partial charge in [0, 0.05) is 25.7 Å². The zero-order valence-electron chi connectivity index (χ0n) is 15.0. The maximum atomic E-state index is 12.5. The van der Waals surface area contributed by atoms with Crippen molar-refractivity contribution in [1.82, 2.24) is 4.90 Å². The van der Waals surface area contributed by atoms with Gasteiger partial charge in [-0.3, -0.25) is 9.59 Å². The van der Waals surface area contributed by atoms with E-state index >= 15 is 0 Å². The monoisotopic (exact) mass is 382 g/mol. The van der Waals surface area contributed by atoms with Crippen LogP contribution in [0.25, 0.3) is 0 Å². The molecule has 0 aliphatic carbocycles. The number of amides is 2. The van der Waals surface area contributed by atoms with Gasteiger partial charge in [0.2, 0.25) is 11.8 Å². The van der Waals surface area contributed by atoms with Crippen molar-refractivity contribution in [3.63, 3.8) is 0 Å². The van der Waals surface area contributed by atoms with Crippen molar-refractivity contribution in [1.29, 1.82) is 0 Å². The van der Waals surface area contributed by atoms with Crippen LogP contribution in [-0.2, 0) is 24.2 Å². The van der Waals surface area contributed by atoms with Crippen LogP contribution in [0.3, 0.4) is 0 Å². The predicted molar refractivity (Wildman–Crippen MR) is 95.6 cm³/mol. The van der Waals surface area contributed by atoms with E-state index in [1.807, 2.05) is 0 Å². The van der Waals surface area contributed by atoms with Gasteiger partial charge in [-0.05, 0) is 30.7 Å². The molecule has 1 aliphatic rings. The van der Waals surface area contributed by atoms with Crippen molar-refractivity contribution in [2.45, 2.75) is 19.4 Å². The molecule has 0 N–H and O–H groups in total.